The minimum absolute atomic E-state index is 0.0207. The van der Waals surface area contributed by atoms with E-state index in [9.17, 15) is 4.79 Å². The van der Waals surface area contributed by atoms with Gasteiger partial charge in [0.1, 0.15) is 5.69 Å². The molecule has 2 heterocycles. The van der Waals surface area contributed by atoms with Crippen molar-refractivity contribution in [2.75, 3.05) is 39.0 Å². The SMILES string of the molecule is CN1CCCN(C(=O)c2cc(N)ccn2)CC1. The fraction of sp³-hybridized carbons (Fsp3) is 0.500. The van der Waals surface area contributed by atoms with Crippen LogP contribution in [-0.2, 0) is 0 Å². The number of carbonyl (C=O) groups excluding carboxylic acids is 1. The first-order valence-electron chi connectivity index (χ1n) is 5.86. The van der Waals surface area contributed by atoms with Crippen molar-refractivity contribution in [3.8, 4) is 0 Å². The minimum Gasteiger partial charge on any atom is -0.399 e. The van der Waals surface area contributed by atoms with Crippen molar-refractivity contribution in [3.05, 3.63) is 24.0 Å². The van der Waals surface area contributed by atoms with Gasteiger partial charge in [0.2, 0.25) is 0 Å². The van der Waals surface area contributed by atoms with E-state index in [1.165, 1.54) is 0 Å². The van der Waals surface area contributed by atoms with Gasteiger partial charge in [0.25, 0.3) is 5.91 Å². The maximum Gasteiger partial charge on any atom is 0.272 e. The monoisotopic (exact) mass is 234 g/mol. The number of likely N-dealkylation sites (N-methyl/N-ethyl adjacent to an activating group) is 1. The molecule has 0 aromatic carbocycles. The van der Waals surface area contributed by atoms with Gasteiger partial charge in [0, 0.05) is 31.5 Å². The van der Waals surface area contributed by atoms with Crippen LogP contribution >= 0.6 is 0 Å². The third-order valence-electron chi connectivity index (χ3n) is 3.01. The standard InChI is InChI=1S/C12H18N4O/c1-15-5-2-6-16(8-7-15)12(17)11-9-10(13)3-4-14-11/h3-4,9H,2,5-8H2,1H3,(H2,13,14). The second-order valence-electron chi connectivity index (χ2n) is 4.42. The number of rotatable bonds is 1. The molecule has 0 atom stereocenters. The fourth-order valence-electron chi connectivity index (χ4n) is 1.98. The predicted molar refractivity (Wildman–Crippen MR) is 66.7 cm³/mol. The van der Waals surface area contributed by atoms with Gasteiger partial charge < -0.3 is 15.5 Å². The molecule has 1 aromatic rings. The second kappa shape index (κ2) is 5.14. The highest BCUT2D eigenvalue weighted by Gasteiger charge is 2.19. The zero-order chi connectivity index (χ0) is 12.3. The molecule has 1 fully saturated rings. The Morgan fingerprint density at radius 3 is 2.94 bits per heavy atom. The second-order valence-corrected chi connectivity index (χ2v) is 4.42. The Balaban J connectivity index is 2.09. The Kier molecular flexibility index (Phi) is 3.58. The van der Waals surface area contributed by atoms with E-state index in [4.69, 9.17) is 5.73 Å². The molecule has 17 heavy (non-hydrogen) atoms. The maximum atomic E-state index is 12.2. The summed E-state index contributed by atoms with van der Waals surface area (Å²) in [6.07, 6.45) is 2.58. The number of nitrogens with zero attached hydrogens (tertiary/aromatic N) is 3. The molecular formula is C12H18N4O. The highest BCUT2D eigenvalue weighted by molar-refractivity contribution is 5.93. The van der Waals surface area contributed by atoms with E-state index in [1.54, 1.807) is 18.3 Å². The Labute approximate surface area is 101 Å². The minimum atomic E-state index is -0.0207. The van der Waals surface area contributed by atoms with Crippen molar-refractivity contribution in [2.45, 2.75) is 6.42 Å². The van der Waals surface area contributed by atoms with Gasteiger partial charge in [-0.05, 0) is 32.1 Å². The van der Waals surface area contributed by atoms with Crippen molar-refractivity contribution >= 4 is 11.6 Å². The highest BCUT2D eigenvalue weighted by atomic mass is 16.2. The lowest BCUT2D eigenvalue weighted by Gasteiger charge is -2.20. The average molecular weight is 234 g/mol. The lowest BCUT2D eigenvalue weighted by molar-refractivity contribution is 0.0757. The van der Waals surface area contributed by atoms with Crippen LogP contribution in [0.15, 0.2) is 18.3 Å². The summed E-state index contributed by atoms with van der Waals surface area (Å²) in [5.41, 5.74) is 6.68. The van der Waals surface area contributed by atoms with Gasteiger partial charge in [-0.3, -0.25) is 9.78 Å². The largest absolute Gasteiger partial charge is 0.399 e. The third-order valence-corrected chi connectivity index (χ3v) is 3.01. The molecule has 92 valence electrons. The van der Waals surface area contributed by atoms with Crippen molar-refractivity contribution in [2.24, 2.45) is 0 Å². The number of nitrogens with two attached hydrogens (primary N) is 1. The molecule has 1 aliphatic rings. The fourth-order valence-corrected chi connectivity index (χ4v) is 1.98. The van der Waals surface area contributed by atoms with E-state index in [2.05, 4.69) is 16.9 Å². The van der Waals surface area contributed by atoms with Gasteiger partial charge in [-0.25, -0.2) is 0 Å². The first kappa shape index (κ1) is 11.9. The number of carbonyl (C=O) groups is 1. The Morgan fingerprint density at radius 1 is 1.35 bits per heavy atom. The maximum absolute atomic E-state index is 12.2. The van der Waals surface area contributed by atoms with Crippen LogP contribution in [0.5, 0.6) is 0 Å². The molecule has 5 nitrogen and oxygen atoms in total. The number of pyridine rings is 1. The van der Waals surface area contributed by atoms with Crippen molar-refractivity contribution in [1.82, 2.24) is 14.8 Å². The molecule has 0 radical (unpaired) electrons. The van der Waals surface area contributed by atoms with E-state index in [1.807, 2.05) is 4.90 Å². The van der Waals surface area contributed by atoms with Gasteiger partial charge in [0.05, 0.1) is 0 Å². The summed E-state index contributed by atoms with van der Waals surface area (Å²) in [6, 6.07) is 3.32. The molecule has 0 unspecified atom stereocenters. The molecular weight excluding hydrogens is 216 g/mol. The topological polar surface area (TPSA) is 62.5 Å². The van der Waals surface area contributed by atoms with Gasteiger partial charge in [-0.2, -0.15) is 0 Å². The molecule has 5 heteroatoms. The highest BCUT2D eigenvalue weighted by Crippen LogP contribution is 2.09. The molecule has 0 saturated carbocycles. The molecule has 0 spiro atoms. The molecule has 2 rings (SSSR count). The quantitative estimate of drug-likeness (QED) is 0.766. The number of hydrogen-bond donors (Lipinski definition) is 1. The van der Waals surface area contributed by atoms with E-state index >= 15 is 0 Å². The zero-order valence-corrected chi connectivity index (χ0v) is 10.1. The summed E-state index contributed by atoms with van der Waals surface area (Å²) in [5.74, 6) is -0.0207. The predicted octanol–water partition coefficient (Wildman–Crippen LogP) is 0.441. The van der Waals surface area contributed by atoms with Crippen molar-refractivity contribution < 1.29 is 4.79 Å². The summed E-state index contributed by atoms with van der Waals surface area (Å²) in [5, 5.41) is 0. The first-order valence-corrected chi connectivity index (χ1v) is 5.86. The van der Waals surface area contributed by atoms with Crippen LogP contribution in [0.1, 0.15) is 16.9 Å². The molecule has 1 amide bonds. The normalized spacial score (nSPS) is 17.8. The summed E-state index contributed by atoms with van der Waals surface area (Å²) in [6.45, 7) is 3.49. The molecule has 2 N–H and O–H groups in total. The van der Waals surface area contributed by atoms with E-state index < -0.39 is 0 Å². The number of amides is 1. The number of anilines is 1. The molecule has 1 aliphatic heterocycles. The van der Waals surface area contributed by atoms with Crippen LogP contribution in [0.25, 0.3) is 0 Å². The smallest absolute Gasteiger partial charge is 0.272 e. The first-order chi connectivity index (χ1) is 8.16. The number of aromatic nitrogens is 1. The van der Waals surface area contributed by atoms with Crippen LogP contribution < -0.4 is 5.73 Å². The van der Waals surface area contributed by atoms with Crippen molar-refractivity contribution in [3.63, 3.8) is 0 Å². The molecule has 1 saturated heterocycles. The summed E-state index contributed by atoms with van der Waals surface area (Å²) in [4.78, 5) is 20.4. The third kappa shape index (κ3) is 2.94. The molecule has 1 aromatic heterocycles. The lowest BCUT2D eigenvalue weighted by Crippen LogP contribution is -2.35. The van der Waals surface area contributed by atoms with Crippen LogP contribution in [0, 0.1) is 0 Å². The van der Waals surface area contributed by atoms with Crippen molar-refractivity contribution in [1.29, 1.82) is 0 Å². The number of hydrogen-bond acceptors (Lipinski definition) is 4. The van der Waals surface area contributed by atoms with Gasteiger partial charge in [-0.1, -0.05) is 0 Å². The van der Waals surface area contributed by atoms with E-state index in [-0.39, 0.29) is 5.91 Å². The van der Waals surface area contributed by atoms with Gasteiger partial charge >= 0.3 is 0 Å². The Bertz CT molecular complexity index is 407. The van der Waals surface area contributed by atoms with E-state index in [0.717, 1.165) is 32.6 Å². The van der Waals surface area contributed by atoms with Gasteiger partial charge in [0.15, 0.2) is 0 Å². The van der Waals surface area contributed by atoms with Crippen LogP contribution in [0.3, 0.4) is 0 Å². The van der Waals surface area contributed by atoms with Gasteiger partial charge in [-0.15, -0.1) is 0 Å². The molecule has 0 aliphatic carbocycles. The molecule has 0 bridgehead atoms. The summed E-state index contributed by atoms with van der Waals surface area (Å²) < 4.78 is 0. The Hall–Kier alpha value is -1.62. The van der Waals surface area contributed by atoms with Crippen LogP contribution in [0.4, 0.5) is 5.69 Å². The number of nitrogen functional groups attached to an aromatic ring is 1. The summed E-state index contributed by atoms with van der Waals surface area (Å²) >= 11 is 0. The summed E-state index contributed by atoms with van der Waals surface area (Å²) in [7, 11) is 2.08. The van der Waals surface area contributed by atoms with E-state index in [0.29, 0.717) is 11.4 Å². The Morgan fingerprint density at radius 2 is 2.18 bits per heavy atom. The lowest BCUT2D eigenvalue weighted by atomic mass is 10.2. The average Bonchev–Trinajstić information content (AvgIpc) is 2.53. The van der Waals surface area contributed by atoms with Crippen LogP contribution in [0.2, 0.25) is 0 Å². The zero-order valence-electron chi connectivity index (χ0n) is 10.1. The van der Waals surface area contributed by atoms with Crippen LogP contribution in [-0.4, -0.2) is 53.9 Å².